The van der Waals surface area contributed by atoms with Crippen molar-refractivity contribution in [1.29, 1.82) is 0 Å². The zero-order valence-electron chi connectivity index (χ0n) is 20.0. The molecule has 2 aromatic carbocycles. The van der Waals surface area contributed by atoms with E-state index < -0.39 is 0 Å². The van der Waals surface area contributed by atoms with Crippen LogP contribution in [0, 0.1) is 0 Å². The highest BCUT2D eigenvalue weighted by atomic mass is 16.5. The van der Waals surface area contributed by atoms with Crippen molar-refractivity contribution in [3.05, 3.63) is 59.7 Å². The molecule has 0 aliphatic rings. The van der Waals surface area contributed by atoms with Gasteiger partial charge in [0.05, 0.1) is 14.2 Å². The van der Waals surface area contributed by atoms with E-state index in [2.05, 4.69) is 9.98 Å². The largest absolute Gasteiger partial charge is 0.497 e. The molecule has 0 unspecified atom stereocenters. The first kappa shape index (κ1) is 25.6. The van der Waals surface area contributed by atoms with E-state index in [4.69, 9.17) is 9.47 Å². The smallest absolute Gasteiger partial charge is 0.118 e. The third-order valence-corrected chi connectivity index (χ3v) is 5.54. The zero-order chi connectivity index (χ0) is 22.7. The molecule has 2 rings (SSSR count). The van der Waals surface area contributed by atoms with Gasteiger partial charge < -0.3 is 9.47 Å². The molecule has 2 aromatic rings. The van der Waals surface area contributed by atoms with Gasteiger partial charge in [0.15, 0.2) is 0 Å². The molecule has 4 heteroatoms. The molecule has 4 nitrogen and oxygen atoms in total. The normalized spacial score (nSPS) is 11.4. The Labute approximate surface area is 194 Å². The third-order valence-electron chi connectivity index (χ3n) is 5.54. The Morgan fingerprint density at radius 3 is 1.12 bits per heavy atom. The second-order valence-electron chi connectivity index (χ2n) is 8.15. The molecular weight excluding hydrogens is 396 g/mol. The van der Waals surface area contributed by atoms with Gasteiger partial charge in [-0.2, -0.15) is 0 Å². The summed E-state index contributed by atoms with van der Waals surface area (Å²) in [6.45, 7) is 1.85. The van der Waals surface area contributed by atoms with Gasteiger partial charge in [0, 0.05) is 25.5 Å². The standard InChI is InChI=1S/C28H40N2O2/c1-31-27-17-13-25(14-18-27)23-29-21-11-9-7-5-3-4-6-8-10-12-22-30-24-26-15-19-28(32-2)20-16-26/h13-20,23-24H,3-12,21-22H2,1-2H3. The van der Waals surface area contributed by atoms with E-state index in [0.29, 0.717) is 0 Å². The fourth-order valence-electron chi connectivity index (χ4n) is 3.54. The van der Waals surface area contributed by atoms with Gasteiger partial charge >= 0.3 is 0 Å². The van der Waals surface area contributed by atoms with Crippen LogP contribution in [0.3, 0.4) is 0 Å². The number of benzene rings is 2. The summed E-state index contributed by atoms with van der Waals surface area (Å²) in [4.78, 5) is 9.06. The average molecular weight is 437 g/mol. The van der Waals surface area contributed by atoms with Gasteiger partial charge in [-0.25, -0.2) is 0 Å². The number of hydrogen-bond donors (Lipinski definition) is 0. The van der Waals surface area contributed by atoms with Gasteiger partial charge in [0.25, 0.3) is 0 Å². The van der Waals surface area contributed by atoms with Crippen LogP contribution in [0.4, 0.5) is 0 Å². The first-order chi connectivity index (χ1) is 15.8. The van der Waals surface area contributed by atoms with Gasteiger partial charge in [-0.05, 0) is 72.5 Å². The number of aliphatic imine (C=N–C) groups is 2. The molecule has 0 atom stereocenters. The summed E-state index contributed by atoms with van der Waals surface area (Å²) in [6, 6.07) is 16.0. The second kappa shape index (κ2) is 17.0. The Kier molecular flexibility index (Phi) is 13.6. The van der Waals surface area contributed by atoms with Gasteiger partial charge in [-0.3, -0.25) is 9.98 Å². The predicted molar refractivity (Wildman–Crippen MR) is 137 cm³/mol. The molecule has 0 amide bonds. The molecule has 0 aliphatic heterocycles. The van der Waals surface area contributed by atoms with Crippen LogP contribution < -0.4 is 9.47 Å². The first-order valence-electron chi connectivity index (χ1n) is 12.1. The Morgan fingerprint density at radius 1 is 0.500 bits per heavy atom. The van der Waals surface area contributed by atoms with E-state index in [9.17, 15) is 0 Å². The van der Waals surface area contributed by atoms with E-state index in [1.807, 2.05) is 61.0 Å². The van der Waals surface area contributed by atoms with Crippen molar-refractivity contribution in [3.63, 3.8) is 0 Å². The van der Waals surface area contributed by atoms with Crippen molar-refractivity contribution in [3.8, 4) is 11.5 Å². The maximum absolute atomic E-state index is 5.17. The topological polar surface area (TPSA) is 43.2 Å². The van der Waals surface area contributed by atoms with E-state index in [-0.39, 0.29) is 0 Å². The molecule has 0 aliphatic carbocycles. The number of methoxy groups -OCH3 is 2. The number of ether oxygens (including phenoxy) is 2. The Hall–Kier alpha value is -2.62. The third kappa shape index (κ3) is 11.7. The molecule has 0 spiro atoms. The number of unbranched alkanes of at least 4 members (excludes halogenated alkanes) is 9. The van der Waals surface area contributed by atoms with Crippen LogP contribution >= 0.6 is 0 Å². The lowest BCUT2D eigenvalue weighted by Crippen LogP contribution is -1.88. The molecule has 0 radical (unpaired) electrons. The van der Waals surface area contributed by atoms with E-state index in [1.54, 1.807) is 14.2 Å². The van der Waals surface area contributed by atoms with Crippen molar-refractivity contribution in [2.24, 2.45) is 9.98 Å². The van der Waals surface area contributed by atoms with Crippen molar-refractivity contribution < 1.29 is 9.47 Å². The van der Waals surface area contributed by atoms with Crippen molar-refractivity contribution >= 4 is 12.4 Å². The minimum absolute atomic E-state index is 0.886. The molecule has 0 saturated heterocycles. The molecular formula is C28H40N2O2. The van der Waals surface area contributed by atoms with Crippen LogP contribution in [0.1, 0.15) is 75.3 Å². The lowest BCUT2D eigenvalue weighted by Gasteiger charge is -2.02. The summed E-state index contributed by atoms with van der Waals surface area (Å²) in [7, 11) is 3.37. The highest BCUT2D eigenvalue weighted by Crippen LogP contribution is 2.12. The van der Waals surface area contributed by atoms with Crippen LogP contribution in [0.25, 0.3) is 0 Å². The number of rotatable bonds is 17. The van der Waals surface area contributed by atoms with Crippen molar-refractivity contribution in [2.75, 3.05) is 27.3 Å². The predicted octanol–water partition coefficient (Wildman–Crippen LogP) is 7.14. The number of nitrogens with zero attached hydrogens (tertiary/aromatic N) is 2. The molecule has 0 fully saturated rings. The summed E-state index contributed by atoms with van der Waals surface area (Å²) >= 11 is 0. The van der Waals surface area contributed by atoms with E-state index in [1.165, 1.54) is 64.2 Å². The molecule has 0 saturated carbocycles. The molecule has 0 bridgehead atoms. The quantitative estimate of drug-likeness (QED) is 0.195. The Morgan fingerprint density at radius 2 is 0.812 bits per heavy atom. The maximum Gasteiger partial charge on any atom is 0.118 e. The minimum atomic E-state index is 0.886. The fraction of sp³-hybridized carbons (Fsp3) is 0.500. The van der Waals surface area contributed by atoms with Gasteiger partial charge in [-0.15, -0.1) is 0 Å². The molecule has 0 aromatic heterocycles. The number of hydrogen-bond acceptors (Lipinski definition) is 4. The molecule has 0 N–H and O–H groups in total. The highest BCUT2D eigenvalue weighted by Gasteiger charge is 1.94. The van der Waals surface area contributed by atoms with Gasteiger partial charge in [0.2, 0.25) is 0 Å². The maximum atomic E-state index is 5.17. The molecule has 174 valence electrons. The van der Waals surface area contributed by atoms with E-state index >= 15 is 0 Å². The summed E-state index contributed by atoms with van der Waals surface area (Å²) in [5.41, 5.74) is 2.27. The van der Waals surface area contributed by atoms with Crippen LogP contribution in [0.5, 0.6) is 11.5 Å². The van der Waals surface area contributed by atoms with Crippen LogP contribution in [-0.4, -0.2) is 39.7 Å². The van der Waals surface area contributed by atoms with Crippen molar-refractivity contribution in [1.82, 2.24) is 0 Å². The van der Waals surface area contributed by atoms with Crippen LogP contribution in [0.2, 0.25) is 0 Å². The van der Waals surface area contributed by atoms with E-state index in [0.717, 1.165) is 35.7 Å². The Balaban J connectivity index is 1.34. The lowest BCUT2D eigenvalue weighted by atomic mass is 10.1. The summed E-state index contributed by atoms with van der Waals surface area (Å²) < 4.78 is 10.3. The van der Waals surface area contributed by atoms with Crippen molar-refractivity contribution in [2.45, 2.75) is 64.2 Å². The van der Waals surface area contributed by atoms with Gasteiger partial charge in [0.1, 0.15) is 11.5 Å². The van der Waals surface area contributed by atoms with Crippen LogP contribution in [0.15, 0.2) is 58.5 Å². The summed E-state index contributed by atoms with van der Waals surface area (Å²) in [6.07, 6.45) is 17.0. The SMILES string of the molecule is COc1ccc(C=NCCCCCCCCCCCCN=Cc2ccc(OC)cc2)cc1. The molecule has 32 heavy (non-hydrogen) atoms. The molecule has 0 heterocycles. The van der Waals surface area contributed by atoms with Crippen LogP contribution in [-0.2, 0) is 0 Å². The summed E-state index contributed by atoms with van der Waals surface area (Å²) in [5, 5.41) is 0. The second-order valence-corrected chi connectivity index (χ2v) is 8.15. The average Bonchev–Trinajstić information content (AvgIpc) is 2.84. The zero-order valence-corrected chi connectivity index (χ0v) is 20.0. The fourth-order valence-corrected chi connectivity index (χ4v) is 3.54. The minimum Gasteiger partial charge on any atom is -0.497 e. The Bertz CT molecular complexity index is 700. The lowest BCUT2D eigenvalue weighted by molar-refractivity contribution is 0.414. The summed E-state index contributed by atoms with van der Waals surface area (Å²) in [5.74, 6) is 1.77. The van der Waals surface area contributed by atoms with Gasteiger partial charge in [-0.1, -0.05) is 51.4 Å². The highest BCUT2D eigenvalue weighted by molar-refractivity contribution is 5.80. The first-order valence-corrected chi connectivity index (χ1v) is 12.1. The monoisotopic (exact) mass is 436 g/mol.